The summed E-state index contributed by atoms with van der Waals surface area (Å²) in [6, 6.07) is 4.57. The monoisotopic (exact) mass is 244 g/mol. The van der Waals surface area contributed by atoms with Crippen LogP contribution in [0.15, 0.2) is 18.2 Å². The molecular weight excluding hydrogens is 229 g/mol. The van der Waals surface area contributed by atoms with Crippen LogP contribution in [0.4, 0.5) is 13.2 Å². The molecule has 1 aliphatic carbocycles. The number of rotatable bonds is 3. The van der Waals surface area contributed by atoms with E-state index in [4.69, 9.17) is 4.74 Å². The van der Waals surface area contributed by atoms with Crippen LogP contribution in [0.5, 0.6) is 5.75 Å². The van der Waals surface area contributed by atoms with Crippen molar-refractivity contribution >= 4 is 0 Å². The molecule has 17 heavy (non-hydrogen) atoms. The van der Waals surface area contributed by atoms with Gasteiger partial charge in [0.05, 0.1) is 6.61 Å². The normalized spacial score (nSPS) is 22.7. The van der Waals surface area contributed by atoms with Crippen LogP contribution >= 0.6 is 0 Å². The predicted molar refractivity (Wildman–Crippen MR) is 58.9 cm³/mol. The van der Waals surface area contributed by atoms with Crippen molar-refractivity contribution in [3.63, 3.8) is 0 Å². The van der Waals surface area contributed by atoms with E-state index in [9.17, 15) is 13.2 Å². The smallest absolute Gasteiger partial charge is 0.248 e. The second kappa shape index (κ2) is 4.59. The summed E-state index contributed by atoms with van der Waals surface area (Å²) in [5, 5.41) is 0. The lowest BCUT2D eigenvalue weighted by molar-refractivity contribution is 0.00291. The molecule has 1 fully saturated rings. The van der Waals surface area contributed by atoms with Crippen LogP contribution < -0.4 is 4.74 Å². The maximum Gasteiger partial charge on any atom is 0.248 e. The molecule has 1 aromatic carbocycles. The minimum atomic E-state index is -2.55. The van der Waals surface area contributed by atoms with Gasteiger partial charge in [-0.25, -0.2) is 13.2 Å². The Hall–Kier alpha value is -1.19. The Kier molecular flexibility index (Phi) is 3.31. The molecule has 1 aromatic rings. The second-order valence-corrected chi connectivity index (χ2v) is 4.69. The molecule has 0 N–H and O–H groups in total. The molecule has 0 saturated heterocycles. The van der Waals surface area contributed by atoms with E-state index in [1.54, 1.807) is 19.1 Å². The fraction of sp³-hybridized carbons (Fsp3) is 0.538. The van der Waals surface area contributed by atoms with Crippen molar-refractivity contribution in [2.75, 3.05) is 6.61 Å². The molecule has 1 nitrogen and oxygen atoms in total. The first-order valence-corrected chi connectivity index (χ1v) is 5.73. The van der Waals surface area contributed by atoms with Gasteiger partial charge in [-0.15, -0.1) is 0 Å². The van der Waals surface area contributed by atoms with Gasteiger partial charge in [0.2, 0.25) is 5.92 Å². The summed E-state index contributed by atoms with van der Waals surface area (Å²) in [6.07, 6.45) is 0.284. The van der Waals surface area contributed by atoms with Crippen molar-refractivity contribution in [2.45, 2.75) is 32.1 Å². The summed E-state index contributed by atoms with van der Waals surface area (Å²) >= 11 is 0. The van der Waals surface area contributed by atoms with Crippen LogP contribution in [-0.2, 0) is 0 Å². The Bertz CT molecular complexity index is 404. The van der Waals surface area contributed by atoms with Crippen LogP contribution in [-0.4, -0.2) is 12.5 Å². The summed E-state index contributed by atoms with van der Waals surface area (Å²) < 4.78 is 44.4. The molecule has 0 amide bonds. The Morgan fingerprint density at radius 3 is 2.76 bits per heavy atom. The van der Waals surface area contributed by atoms with E-state index in [0.717, 1.165) is 0 Å². The SMILES string of the molecule is Cc1ccc(OCC2CCC(F)(F)C2)cc1F. The Balaban J connectivity index is 1.88. The average molecular weight is 244 g/mol. The number of hydrogen-bond donors (Lipinski definition) is 0. The lowest BCUT2D eigenvalue weighted by Gasteiger charge is -2.12. The average Bonchev–Trinajstić information content (AvgIpc) is 2.60. The van der Waals surface area contributed by atoms with E-state index < -0.39 is 5.92 Å². The van der Waals surface area contributed by atoms with Crippen LogP contribution in [0.2, 0.25) is 0 Å². The van der Waals surface area contributed by atoms with Crippen molar-refractivity contribution in [3.8, 4) is 5.75 Å². The Morgan fingerprint density at radius 1 is 1.41 bits per heavy atom. The molecule has 2 rings (SSSR count). The Labute approximate surface area is 98.6 Å². The molecule has 0 radical (unpaired) electrons. The molecular formula is C13H15F3O. The van der Waals surface area contributed by atoms with Gasteiger partial charge in [0, 0.05) is 18.9 Å². The van der Waals surface area contributed by atoms with Gasteiger partial charge in [0.15, 0.2) is 0 Å². The second-order valence-electron chi connectivity index (χ2n) is 4.69. The minimum Gasteiger partial charge on any atom is -0.493 e. The third-order valence-corrected chi connectivity index (χ3v) is 3.13. The largest absolute Gasteiger partial charge is 0.493 e. The molecule has 0 heterocycles. The van der Waals surface area contributed by atoms with Crippen molar-refractivity contribution in [1.82, 2.24) is 0 Å². The highest BCUT2D eigenvalue weighted by Crippen LogP contribution is 2.38. The number of hydrogen-bond acceptors (Lipinski definition) is 1. The Morgan fingerprint density at radius 2 is 2.18 bits per heavy atom. The predicted octanol–water partition coefficient (Wildman–Crippen LogP) is 3.95. The molecule has 4 heteroatoms. The van der Waals surface area contributed by atoms with E-state index in [-0.39, 0.29) is 31.2 Å². The first kappa shape index (κ1) is 12.3. The first-order chi connectivity index (χ1) is 7.96. The van der Waals surface area contributed by atoms with Gasteiger partial charge >= 0.3 is 0 Å². The van der Waals surface area contributed by atoms with Gasteiger partial charge < -0.3 is 4.74 Å². The summed E-state index contributed by atoms with van der Waals surface area (Å²) in [5.74, 6) is -2.61. The lowest BCUT2D eigenvalue weighted by atomic mass is 10.1. The zero-order valence-electron chi connectivity index (χ0n) is 9.68. The van der Waals surface area contributed by atoms with Gasteiger partial charge in [-0.05, 0) is 30.9 Å². The van der Waals surface area contributed by atoms with Gasteiger partial charge in [-0.1, -0.05) is 6.07 Å². The highest BCUT2D eigenvalue weighted by atomic mass is 19.3. The minimum absolute atomic E-state index is 0.0662. The highest BCUT2D eigenvalue weighted by Gasteiger charge is 2.39. The van der Waals surface area contributed by atoms with E-state index in [1.807, 2.05) is 0 Å². The van der Waals surface area contributed by atoms with E-state index >= 15 is 0 Å². The van der Waals surface area contributed by atoms with Crippen molar-refractivity contribution < 1.29 is 17.9 Å². The van der Waals surface area contributed by atoms with Crippen molar-refractivity contribution in [1.29, 1.82) is 0 Å². The quantitative estimate of drug-likeness (QED) is 0.782. The van der Waals surface area contributed by atoms with Crippen LogP contribution in [0.3, 0.4) is 0 Å². The summed E-state index contributed by atoms with van der Waals surface area (Å²) in [5.41, 5.74) is 0.546. The zero-order valence-corrected chi connectivity index (χ0v) is 9.68. The van der Waals surface area contributed by atoms with Gasteiger partial charge in [0.25, 0.3) is 0 Å². The third-order valence-electron chi connectivity index (χ3n) is 3.13. The number of alkyl halides is 2. The standard InChI is InChI=1S/C13H15F3O/c1-9-2-3-11(6-12(9)14)17-8-10-4-5-13(15,16)7-10/h2-3,6,10H,4-5,7-8H2,1H3. The number of halogens is 3. The summed E-state index contributed by atoms with van der Waals surface area (Å²) in [6.45, 7) is 1.90. The van der Waals surface area contributed by atoms with E-state index in [0.29, 0.717) is 17.7 Å². The first-order valence-electron chi connectivity index (χ1n) is 5.73. The molecule has 0 aliphatic heterocycles. The van der Waals surface area contributed by atoms with Crippen LogP contribution in [0.1, 0.15) is 24.8 Å². The maximum absolute atomic E-state index is 13.2. The van der Waals surface area contributed by atoms with E-state index in [2.05, 4.69) is 0 Å². The highest BCUT2D eigenvalue weighted by molar-refractivity contribution is 5.27. The topological polar surface area (TPSA) is 9.23 Å². The maximum atomic E-state index is 13.2. The van der Waals surface area contributed by atoms with Crippen LogP contribution in [0, 0.1) is 18.7 Å². The van der Waals surface area contributed by atoms with Gasteiger partial charge in [-0.3, -0.25) is 0 Å². The van der Waals surface area contributed by atoms with Crippen molar-refractivity contribution in [2.24, 2.45) is 5.92 Å². The summed E-state index contributed by atoms with van der Waals surface area (Å²) in [7, 11) is 0. The third kappa shape index (κ3) is 3.14. The van der Waals surface area contributed by atoms with E-state index in [1.165, 1.54) is 6.07 Å². The zero-order chi connectivity index (χ0) is 12.5. The molecule has 1 atom stereocenters. The number of ether oxygens (including phenoxy) is 1. The number of benzene rings is 1. The fourth-order valence-corrected chi connectivity index (χ4v) is 2.06. The van der Waals surface area contributed by atoms with Gasteiger partial charge in [0.1, 0.15) is 11.6 Å². The fourth-order valence-electron chi connectivity index (χ4n) is 2.06. The molecule has 0 spiro atoms. The molecule has 0 aromatic heterocycles. The number of aryl methyl sites for hydroxylation is 1. The molecule has 94 valence electrons. The molecule has 1 unspecified atom stereocenters. The molecule has 1 saturated carbocycles. The molecule has 0 bridgehead atoms. The van der Waals surface area contributed by atoms with Crippen molar-refractivity contribution in [3.05, 3.63) is 29.6 Å². The van der Waals surface area contributed by atoms with Crippen LogP contribution in [0.25, 0.3) is 0 Å². The summed E-state index contributed by atoms with van der Waals surface area (Å²) in [4.78, 5) is 0. The molecule has 1 aliphatic rings. The van der Waals surface area contributed by atoms with Gasteiger partial charge in [-0.2, -0.15) is 0 Å². The lowest BCUT2D eigenvalue weighted by Crippen LogP contribution is -2.13.